The molecular formula is C9H7BrN6O3. The third-order valence-electron chi connectivity index (χ3n) is 2.22. The van der Waals surface area contributed by atoms with Gasteiger partial charge in [-0.05, 0) is 15.9 Å². The molecule has 0 atom stereocenters. The SMILES string of the molecule is N/C(=N/O)c1cnc(-n2cc(Br)cn2)c([N+](=O)[O-])c1. The summed E-state index contributed by atoms with van der Waals surface area (Å²) >= 11 is 3.19. The largest absolute Gasteiger partial charge is 0.409 e. The van der Waals surface area contributed by atoms with Crippen LogP contribution in [0.15, 0.2) is 34.3 Å². The molecular weight excluding hydrogens is 320 g/mol. The van der Waals surface area contributed by atoms with Crippen LogP contribution in [0.2, 0.25) is 0 Å². The molecule has 0 unspecified atom stereocenters. The predicted octanol–water partition coefficient (Wildman–Crippen LogP) is 1.03. The molecule has 0 aliphatic rings. The lowest BCUT2D eigenvalue weighted by Gasteiger charge is -2.03. The zero-order valence-corrected chi connectivity index (χ0v) is 10.9. The van der Waals surface area contributed by atoms with Gasteiger partial charge in [0.25, 0.3) is 0 Å². The molecule has 2 heterocycles. The maximum absolute atomic E-state index is 11.0. The third kappa shape index (κ3) is 2.52. The fraction of sp³-hybridized carbons (Fsp3) is 0. The van der Waals surface area contributed by atoms with Crippen molar-refractivity contribution in [3.63, 3.8) is 0 Å². The maximum Gasteiger partial charge on any atom is 0.314 e. The van der Waals surface area contributed by atoms with Crippen LogP contribution in [0.4, 0.5) is 5.69 Å². The molecule has 0 aliphatic heterocycles. The Hall–Kier alpha value is -2.49. The summed E-state index contributed by atoms with van der Waals surface area (Å²) in [6.45, 7) is 0. The normalized spacial score (nSPS) is 11.5. The molecule has 0 aromatic carbocycles. The van der Waals surface area contributed by atoms with Gasteiger partial charge in [0.1, 0.15) is 0 Å². The Bertz CT molecular complexity index is 668. The molecule has 3 N–H and O–H groups in total. The molecule has 19 heavy (non-hydrogen) atoms. The van der Waals surface area contributed by atoms with Crippen molar-refractivity contribution in [1.82, 2.24) is 14.8 Å². The zero-order chi connectivity index (χ0) is 14.0. The summed E-state index contributed by atoms with van der Waals surface area (Å²) < 4.78 is 1.90. The van der Waals surface area contributed by atoms with Crippen molar-refractivity contribution in [2.24, 2.45) is 10.9 Å². The van der Waals surface area contributed by atoms with Crippen LogP contribution in [0.3, 0.4) is 0 Å². The van der Waals surface area contributed by atoms with Gasteiger partial charge in [-0.25, -0.2) is 9.67 Å². The number of hydrogen-bond acceptors (Lipinski definition) is 6. The predicted molar refractivity (Wildman–Crippen MR) is 68.2 cm³/mol. The Morgan fingerprint density at radius 2 is 2.32 bits per heavy atom. The lowest BCUT2D eigenvalue weighted by atomic mass is 10.2. The Labute approximate surface area is 114 Å². The van der Waals surface area contributed by atoms with Crippen molar-refractivity contribution in [3.05, 3.63) is 44.8 Å². The molecule has 0 bridgehead atoms. The lowest BCUT2D eigenvalue weighted by Crippen LogP contribution is -2.15. The molecule has 0 amide bonds. The monoisotopic (exact) mass is 326 g/mol. The fourth-order valence-electron chi connectivity index (χ4n) is 1.37. The van der Waals surface area contributed by atoms with Crippen molar-refractivity contribution in [1.29, 1.82) is 0 Å². The molecule has 2 aromatic heterocycles. The van der Waals surface area contributed by atoms with E-state index in [0.717, 1.165) is 6.07 Å². The molecule has 0 aliphatic carbocycles. The van der Waals surface area contributed by atoms with E-state index < -0.39 is 4.92 Å². The number of halogens is 1. The number of pyridine rings is 1. The highest BCUT2D eigenvalue weighted by molar-refractivity contribution is 9.10. The molecule has 0 radical (unpaired) electrons. The molecule has 0 fully saturated rings. The summed E-state index contributed by atoms with van der Waals surface area (Å²) in [5, 5.41) is 26.3. The number of hydrogen-bond donors (Lipinski definition) is 2. The van der Waals surface area contributed by atoms with Gasteiger partial charge in [-0.15, -0.1) is 0 Å². The number of nitro groups is 1. The van der Waals surface area contributed by atoms with Crippen molar-refractivity contribution in [2.45, 2.75) is 0 Å². The molecule has 0 saturated heterocycles. The van der Waals surface area contributed by atoms with E-state index in [1.807, 2.05) is 0 Å². The average Bonchev–Trinajstić information content (AvgIpc) is 2.83. The summed E-state index contributed by atoms with van der Waals surface area (Å²) in [5.41, 5.74) is 5.20. The first-order valence-corrected chi connectivity index (χ1v) is 5.65. The minimum Gasteiger partial charge on any atom is -0.409 e. The Morgan fingerprint density at radius 3 is 2.84 bits per heavy atom. The number of amidine groups is 1. The Morgan fingerprint density at radius 1 is 1.58 bits per heavy atom. The number of nitrogens with two attached hydrogens (primary N) is 1. The van der Waals surface area contributed by atoms with Crippen LogP contribution in [-0.4, -0.2) is 30.7 Å². The lowest BCUT2D eigenvalue weighted by molar-refractivity contribution is -0.384. The number of rotatable bonds is 3. The second-order valence-corrected chi connectivity index (χ2v) is 4.33. The van der Waals surface area contributed by atoms with Gasteiger partial charge >= 0.3 is 5.69 Å². The average molecular weight is 327 g/mol. The van der Waals surface area contributed by atoms with E-state index in [4.69, 9.17) is 10.9 Å². The van der Waals surface area contributed by atoms with Crippen LogP contribution < -0.4 is 5.73 Å². The van der Waals surface area contributed by atoms with Crippen LogP contribution in [0.5, 0.6) is 0 Å². The van der Waals surface area contributed by atoms with Gasteiger partial charge < -0.3 is 10.9 Å². The summed E-state index contributed by atoms with van der Waals surface area (Å²) in [6.07, 6.45) is 4.26. The first kappa shape index (κ1) is 13.0. The Kier molecular flexibility index (Phi) is 3.42. The molecule has 2 rings (SSSR count). The Balaban J connectivity index is 2.59. The van der Waals surface area contributed by atoms with E-state index in [1.165, 1.54) is 23.3 Å². The fourth-order valence-corrected chi connectivity index (χ4v) is 1.66. The van der Waals surface area contributed by atoms with Crippen LogP contribution in [0.1, 0.15) is 5.56 Å². The second-order valence-electron chi connectivity index (χ2n) is 3.41. The van der Waals surface area contributed by atoms with Gasteiger partial charge in [0, 0.05) is 24.0 Å². The summed E-state index contributed by atoms with van der Waals surface area (Å²) in [5.74, 6) is -0.228. The van der Waals surface area contributed by atoms with Crippen molar-refractivity contribution < 1.29 is 10.1 Å². The van der Waals surface area contributed by atoms with Gasteiger partial charge in [-0.2, -0.15) is 5.10 Å². The van der Waals surface area contributed by atoms with E-state index in [0.29, 0.717) is 4.47 Å². The second kappa shape index (κ2) is 5.02. The number of aromatic nitrogens is 3. The topological polar surface area (TPSA) is 132 Å². The summed E-state index contributed by atoms with van der Waals surface area (Å²) in [6, 6.07) is 1.16. The van der Waals surface area contributed by atoms with E-state index in [9.17, 15) is 10.1 Å². The first-order chi connectivity index (χ1) is 9.02. The van der Waals surface area contributed by atoms with Gasteiger partial charge in [-0.1, -0.05) is 5.16 Å². The quantitative estimate of drug-likeness (QED) is 0.284. The van der Waals surface area contributed by atoms with Crippen molar-refractivity contribution in [3.8, 4) is 5.82 Å². The molecule has 10 heteroatoms. The molecule has 0 spiro atoms. The van der Waals surface area contributed by atoms with Gasteiger partial charge in [0.05, 0.1) is 15.6 Å². The third-order valence-corrected chi connectivity index (χ3v) is 2.63. The van der Waals surface area contributed by atoms with Crippen LogP contribution in [0, 0.1) is 10.1 Å². The first-order valence-electron chi connectivity index (χ1n) is 4.86. The summed E-state index contributed by atoms with van der Waals surface area (Å²) in [7, 11) is 0. The maximum atomic E-state index is 11.0. The summed E-state index contributed by atoms with van der Waals surface area (Å²) in [4.78, 5) is 14.3. The smallest absolute Gasteiger partial charge is 0.314 e. The zero-order valence-electron chi connectivity index (χ0n) is 9.26. The minimum absolute atomic E-state index is 0.0326. The van der Waals surface area contributed by atoms with Gasteiger partial charge in [0.2, 0.25) is 5.82 Å². The highest BCUT2D eigenvalue weighted by Gasteiger charge is 2.20. The molecule has 9 nitrogen and oxygen atoms in total. The van der Waals surface area contributed by atoms with E-state index in [1.54, 1.807) is 0 Å². The number of oxime groups is 1. The van der Waals surface area contributed by atoms with Crippen molar-refractivity contribution in [2.75, 3.05) is 0 Å². The van der Waals surface area contributed by atoms with E-state index in [-0.39, 0.29) is 22.9 Å². The molecule has 0 saturated carbocycles. The van der Waals surface area contributed by atoms with Crippen molar-refractivity contribution >= 4 is 27.5 Å². The van der Waals surface area contributed by atoms with Crippen LogP contribution >= 0.6 is 15.9 Å². The van der Waals surface area contributed by atoms with Gasteiger partial charge in [0.15, 0.2) is 5.84 Å². The van der Waals surface area contributed by atoms with Crippen LogP contribution in [-0.2, 0) is 0 Å². The van der Waals surface area contributed by atoms with E-state index in [2.05, 4.69) is 31.2 Å². The van der Waals surface area contributed by atoms with Gasteiger partial charge in [-0.3, -0.25) is 10.1 Å². The van der Waals surface area contributed by atoms with Crippen LogP contribution in [0.25, 0.3) is 5.82 Å². The highest BCUT2D eigenvalue weighted by Crippen LogP contribution is 2.22. The standard InChI is InChI=1S/C9H7BrN6O3/c10-6-3-13-15(4-6)9-7(16(18)19)1-5(2-12-9)8(11)14-17/h1-4,17H,(H2,11,14). The number of nitrogens with zero attached hydrogens (tertiary/aromatic N) is 5. The molecule has 98 valence electrons. The minimum atomic E-state index is -0.619. The molecule has 2 aromatic rings. The van der Waals surface area contributed by atoms with E-state index >= 15 is 0 Å². The highest BCUT2D eigenvalue weighted by atomic mass is 79.9.